The molecule has 0 radical (unpaired) electrons. The third kappa shape index (κ3) is 4.64. The number of para-hydroxylation sites is 2. The molecule has 4 heteroatoms. The molecule has 6 aromatic rings. The Hall–Kier alpha value is -4.28. The average Bonchev–Trinajstić information content (AvgIpc) is 2.93. The lowest BCUT2D eigenvalue weighted by molar-refractivity contribution is 0.265. The lowest BCUT2D eigenvalue weighted by Crippen LogP contribution is -2.29. The van der Waals surface area contributed by atoms with Crippen LogP contribution >= 0.6 is 0 Å². The van der Waals surface area contributed by atoms with E-state index in [2.05, 4.69) is 106 Å². The third-order valence-corrected chi connectivity index (χ3v) is 6.70. The number of anilines is 1. The fourth-order valence-electron chi connectivity index (χ4n) is 4.98. The Morgan fingerprint density at radius 3 is 2.03 bits per heavy atom. The summed E-state index contributed by atoms with van der Waals surface area (Å²) >= 11 is 0. The van der Waals surface area contributed by atoms with Gasteiger partial charge < -0.3 is 5.32 Å². The van der Waals surface area contributed by atoms with Crippen molar-refractivity contribution in [3.63, 3.8) is 0 Å². The maximum atomic E-state index is 4.86. The molecule has 0 aliphatic rings. The zero-order valence-electron chi connectivity index (χ0n) is 20.1. The third-order valence-electron chi connectivity index (χ3n) is 6.70. The first-order valence-corrected chi connectivity index (χ1v) is 12.5. The van der Waals surface area contributed by atoms with E-state index < -0.39 is 0 Å². The Kier molecular flexibility index (Phi) is 6.26. The Labute approximate surface area is 211 Å². The first kappa shape index (κ1) is 22.2. The molecule has 0 fully saturated rings. The van der Waals surface area contributed by atoms with E-state index in [9.17, 15) is 0 Å². The molecule has 1 N–H and O–H groups in total. The van der Waals surface area contributed by atoms with Gasteiger partial charge in [0, 0.05) is 43.1 Å². The van der Waals surface area contributed by atoms with Gasteiger partial charge >= 0.3 is 0 Å². The largest absolute Gasteiger partial charge is 0.383 e. The molecule has 0 aliphatic carbocycles. The van der Waals surface area contributed by atoms with Gasteiger partial charge in [-0.1, -0.05) is 84.9 Å². The number of rotatable bonds is 8. The summed E-state index contributed by atoms with van der Waals surface area (Å²) in [6, 6.07) is 38.1. The topological polar surface area (TPSA) is 41.0 Å². The van der Waals surface area contributed by atoms with Crippen molar-refractivity contribution in [3.8, 4) is 0 Å². The van der Waals surface area contributed by atoms with Crippen LogP contribution in [0.3, 0.4) is 0 Å². The molecule has 0 spiro atoms. The Morgan fingerprint density at radius 2 is 1.28 bits per heavy atom. The molecule has 0 bridgehead atoms. The fraction of sp³-hybridized carbons (Fsp3) is 0.125. The summed E-state index contributed by atoms with van der Waals surface area (Å²) in [5.74, 6) is 0. The van der Waals surface area contributed by atoms with Crippen molar-refractivity contribution in [2.75, 3.05) is 18.4 Å². The summed E-state index contributed by atoms with van der Waals surface area (Å²) < 4.78 is 0. The SMILES string of the molecule is c1ccc(CN(CCNc2c3ccccc3nc3ccccc23)Cc2cccc3ccccc23)nc1. The van der Waals surface area contributed by atoms with Gasteiger partial charge in [-0.25, -0.2) is 4.98 Å². The van der Waals surface area contributed by atoms with Crippen molar-refractivity contribution in [1.82, 2.24) is 14.9 Å². The highest BCUT2D eigenvalue weighted by Gasteiger charge is 2.12. The van der Waals surface area contributed by atoms with E-state index in [-0.39, 0.29) is 0 Å². The smallest absolute Gasteiger partial charge is 0.0730 e. The van der Waals surface area contributed by atoms with Crippen LogP contribution in [-0.2, 0) is 13.1 Å². The van der Waals surface area contributed by atoms with Gasteiger partial charge in [-0.05, 0) is 40.6 Å². The Balaban J connectivity index is 1.28. The second-order valence-electron chi connectivity index (χ2n) is 9.12. The van der Waals surface area contributed by atoms with Gasteiger partial charge in [0.05, 0.1) is 22.4 Å². The van der Waals surface area contributed by atoms with Gasteiger partial charge in [0.25, 0.3) is 0 Å². The van der Waals surface area contributed by atoms with E-state index in [1.165, 1.54) is 16.3 Å². The predicted octanol–water partition coefficient (Wildman–Crippen LogP) is 7.05. The van der Waals surface area contributed by atoms with E-state index in [0.717, 1.165) is 59.4 Å². The van der Waals surface area contributed by atoms with Crippen LogP contribution < -0.4 is 5.32 Å². The molecule has 4 nitrogen and oxygen atoms in total. The number of nitrogens with one attached hydrogen (secondary N) is 1. The van der Waals surface area contributed by atoms with Gasteiger partial charge in [-0.15, -0.1) is 0 Å². The molecule has 36 heavy (non-hydrogen) atoms. The van der Waals surface area contributed by atoms with Crippen LogP contribution in [0.5, 0.6) is 0 Å². The summed E-state index contributed by atoms with van der Waals surface area (Å²) in [4.78, 5) is 11.9. The summed E-state index contributed by atoms with van der Waals surface area (Å²) in [7, 11) is 0. The highest BCUT2D eigenvalue weighted by Crippen LogP contribution is 2.30. The van der Waals surface area contributed by atoms with Crippen LogP contribution in [0.25, 0.3) is 32.6 Å². The summed E-state index contributed by atoms with van der Waals surface area (Å²) in [6.45, 7) is 3.35. The predicted molar refractivity (Wildman–Crippen MR) is 150 cm³/mol. The minimum atomic E-state index is 0.795. The van der Waals surface area contributed by atoms with Crippen molar-refractivity contribution in [3.05, 3.63) is 127 Å². The van der Waals surface area contributed by atoms with Gasteiger partial charge in [-0.2, -0.15) is 0 Å². The van der Waals surface area contributed by atoms with Crippen LogP contribution in [0.15, 0.2) is 115 Å². The number of nitrogens with zero attached hydrogens (tertiary/aromatic N) is 3. The van der Waals surface area contributed by atoms with Crippen LogP contribution in [0, 0.1) is 0 Å². The van der Waals surface area contributed by atoms with Gasteiger partial charge in [0.2, 0.25) is 0 Å². The Bertz CT molecular complexity index is 1570. The van der Waals surface area contributed by atoms with E-state index in [4.69, 9.17) is 4.98 Å². The zero-order chi connectivity index (χ0) is 24.2. The lowest BCUT2D eigenvalue weighted by atomic mass is 10.0. The molecule has 4 aromatic carbocycles. The van der Waals surface area contributed by atoms with Gasteiger partial charge in [0.15, 0.2) is 0 Å². The summed E-state index contributed by atoms with van der Waals surface area (Å²) in [6.07, 6.45) is 1.87. The van der Waals surface area contributed by atoms with E-state index in [0.29, 0.717) is 0 Å². The van der Waals surface area contributed by atoms with E-state index in [1.807, 2.05) is 24.4 Å². The van der Waals surface area contributed by atoms with Crippen molar-refractivity contribution >= 4 is 38.3 Å². The standard InChI is InChI=1S/C32H28N4/c1-2-14-27-24(10-1)11-9-12-25(27)22-36(23-26-13-7-8-19-33-26)21-20-34-32-28-15-3-5-17-30(28)35-31-18-6-4-16-29(31)32/h1-19H,20-23H2,(H,34,35). The molecule has 0 aliphatic heterocycles. The summed E-state index contributed by atoms with van der Waals surface area (Å²) in [5.41, 5.74) is 5.60. The van der Waals surface area contributed by atoms with E-state index in [1.54, 1.807) is 0 Å². The molecule has 2 aromatic heterocycles. The average molecular weight is 469 g/mol. The first-order chi connectivity index (χ1) is 17.8. The van der Waals surface area contributed by atoms with Gasteiger partial charge in [-0.3, -0.25) is 9.88 Å². The number of benzene rings is 4. The molecule has 0 unspecified atom stereocenters. The van der Waals surface area contributed by atoms with Crippen LogP contribution in [0.4, 0.5) is 5.69 Å². The lowest BCUT2D eigenvalue weighted by Gasteiger charge is -2.24. The van der Waals surface area contributed by atoms with Crippen LogP contribution in [-0.4, -0.2) is 28.0 Å². The number of pyridine rings is 2. The summed E-state index contributed by atoms with van der Waals surface area (Å²) in [5, 5.41) is 8.66. The number of hydrogen-bond acceptors (Lipinski definition) is 4. The molecule has 0 atom stereocenters. The highest BCUT2D eigenvalue weighted by atomic mass is 15.1. The number of aromatic nitrogens is 2. The van der Waals surface area contributed by atoms with Gasteiger partial charge in [0.1, 0.15) is 0 Å². The molecule has 0 amide bonds. The molecule has 2 heterocycles. The van der Waals surface area contributed by atoms with Crippen LogP contribution in [0.1, 0.15) is 11.3 Å². The second kappa shape index (κ2) is 10.1. The van der Waals surface area contributed by atoms with Crippen molar-refractivity contribution in [2.45, 2.75) is 13.1 Å². The minimum Gasteiger partial charge on any atom is -0.383 e. The van der Waals surface area contributed by atoms with Crippen molar-refractivity contribution in [1.29, 1.82) is 0 Å². The number of hydrogen-bond donors (Lipinski definition) is 1. The molecule has 176 valence electrons. The molecular formula is C32H28N4. The fourth-order valence-corrected chi connectivity index (χ4v) is 4.98. The Morgan fingerprint density at radius 1 is 0.611 bits per heavy atom. The normalized spacial score (nSPS) is 11.5. The maximum Gasteiger partial charge on any atom is 0.0730 e. The monoisotopic (exact) mass is 468 g/mol. The maximum absolute atomic E-state index is 4.86. The molecule has 0 saturated heterocycles. The molecular weight excluding hydrogens is 440 g/mol. The van der Waals surface area contributed by atoms with Crippen molar-refractivity contribution in [2.24, 2.45) is 0 Å². The molecule has 6 rings (SSSR count). The molecule has 0 saturated carbocycles. The second-order valence-corrected chi connectivity index (χ2v) is 9.12. The van der Waals surface area contributed by atoms with E-state index >= 15 is 0 Å². The zero-order valence-corrected chi connectivity index (χ0v) is 20.1. The van der Waals surface area contributed by atoms with Crippen LogP contribution in [0.2, 0.25) is 0 Å². The quantitative estimate of drug-likeness (QED) is 0.243. The number of fused-ring (bicyclic) bond motifs is 3. The van der Waals surface area contributed by atoms with Crippen molar-refractivity contribution < 1.29 is 0 Å². The first-order valence-electron chi connectivity index (χ1n) is 12.5. The highest BCUT2D eigenvalue weighted by molar-refractivity contribution is 6.07. The minimum absolute atomic E-state index is 0.795.